The number of carbonyl (C=O) groups excluding carboxylic acids is 1. The number of nitrogens with one attached hydrogen (secondary N) is 4. The summed E-state index contributed by atoms with van der Waals surface area (Å²) in [7, 11) is 0. The molecule has 35 heavy (non-hydrogen) atoms. The van der Waals surface area contributed by atoms with Gasteiger partial charge in [0.15, 0.2) is 0 Å². The third-order valence-electron chi connectivity index (χ3n) is 6.53. The summed E-state index contributed by atoms with van der Waals surface area (Å²) in [6, 6.07) is 13.5. The number of rotatable bonds is 8. The van der Waals surface area contributed by atoms with E-state index in [1.54, 1.807) is 6.07 Å². The first kappa shape index (κ1) is 25.8. The van der Waals surface area contributed by atoms with Gasteiger partial charge in [-0.2, -0.15) is 0 Å². The van der Waals surface area contributed by atoms with Gasteiger partial charge in [-0.25, -0.2) is 0 Å². The molecule has 2 aliphatic heterocycles. The largest absolute Gasteiger partial charge is 0.356 e. The van der Waals surface area contributed by atoms with E-state index in [2.05, 4.69) is 32.2 Å². The molecule has 188 valence electrons. The van der Waals surface area contributed by atoms with E-state index in [-0.39, 0.29) is 5.91 Å². The fourth-order valence-electron chi connectivity index (χ4n) is 4.51. The Bertz CT molecular complexity index is 997. The van der Waals surface area contributed by atoms with Crippen LogP contribution in [-0.2, 0) is 6.42 Å². The van der Waals surface area contributed by atoms with Gasteiger partial charge in [-0.3, -0.25) is 4.79 Å². The van der Waals surface area contributed by atoms with Gasteiger partial charge in [0.25, 0.3) is 5.91 Å². The van der Waals surface area contributed by atoms with Crippen LogP contribution in [0.25, 0.3) is 0 Å². The molecule has 1 amide bonds. The van der Waals surface area contributed by atoms with Gasteiger partial charge < -0.3 is 26.2 Å². The molecule has 4 rings (SSSR count). The van der Waals surface area contributed by atoms with Crippen LogP contribution in [0.5, 0.6) is 0 Å². The summed E-state index contributed by atoms with van der Waals surface area (Å²) in [4.78, 5) is 15.0. The van der Waals surface area contributed by atoms with E-state index < -0.39 is 0 Å². The fourth-order valence-corrected chi connectivity index (χ4v) is 5.01. The number of carbonyl (C=O) groups is 1. The van der Waals surface area contributed by atoms with Crippen molar-refractivity contribution in [2.75, 3.05) is 44.6 Å². The number of anilines is 1. The number of piperazine rings is 1. The second-order valence-electron chi connectivity index (χ2n) is 9.14. The maximum absolute atomic E-state index is 12.6. The van der Waals surface area contributed by atoms with Crippen molar-refractivity contribution in [3.8, 4) is 0 Å². The summed E-state index contributed by atoms with van der Waals surface area (Å²) in [5.41, 5.74) is 2.58. The van der Waals surface area contributed by atoms with Crippen LogP contribution in [0.15, 0.2) is 54.4 Å². The molecule has 0 saturated carbocycles. The van der Waals surface area contributed by atoms with Crippen LogP contribution < -0.4 is 21.3 Å². The molecule has 2 saturated heterocycles. The minimum Gasteiger partial charge on any atom is -0.356 e. The zero-order valence-electron chi connectivity index (χ0n) is 20.1. The standard InChI is InChI=1S/C27H35Cl2N5O/c28-22-8-5-20(25(29)18-22)11-13-32-27(35)21-6-9-23(10-7-21)33-26(34-16-14-30-15-17-34)19-24-4-2-1-3-12-31-24/h5-10,18-19,24,30-31,33H,1-4,11-17H2,(H,32,35). The first-order valence-electron chi connectivity index (χ1n) is 12.6. The maximum Gasteiger partial charge on any atom is 0.251 e. The number of nitrogens with zero attached hydrogens (tertiary/aromatic N) is 1. The summed E-state index contributed by atoms with van der Waals surface area (Å²) in [6.07, 6.45) is 7.96. The molecular weight excluding hydrogens is 481 g/mol. The Hall–Kier alpha value is -2.25. The lowest BCUT2D eigenvalue weighted by Crippen LogP contribution is -2.45. The van der Waals surface area contributed by atoms with Crippen molar-refractivity contribution in [2.24, 2.45) is 0 Å². The van der Waals surface area contributed by atoms with E-state index in [0.29, 0.717) is 34.6 Å². The van der Waals surface area contributed by atoms with E-state index in [1.165, 1.54) is 19.3 Å². The summed E-state index contributed by atoms with van der Waals surface area (Å²) in [6.45, 7) is 5.50. The molecule has 4 N–H and O–H groups in total. The average Bonchev–Trinajstić information content (AvgIpc) is 3.14. The minimum atomic E-state index is -0.0952. The first-order chi connectivity index (χ1) is 17.1. The Morgan fingerprint density at radius 2 is 1.83 bits per heavy atom. The van der Waals surface area contributed by atoms with E-state index in [9.17, 15) is 4.79 Å². The van der Waals surface area contributed by atoms with Crippen LogP contribution in [0, 0.1) is 0 Å². The van der Waals surface area contributed by atoms with Crippen LogP contribution >= 0.6 is 23.2 Å². The highest BCUT2D eigenvalue weighted by Gasteiger charge is 2.17. The van der Waals surface area contributed by atoms with Crippen LogP contribution in [0.1, 0.15) is 41.6 Å². The molecule has 0 aromatic heterocycles. The fraction of sp³-hybridized carbons (Fsp3) is 0.444. The van der Waals surface area contributed by atoms with E-state index >= 15 is 0 Å². The molecule has 2 heterocycles. The SMILES string of the molecule is O=C(NCCc1ccc(Cl)cc1Cl)c1ccc(NC(=CC2CCCCCN2)N2CCNCC2)cc1. The molecule has 8 heteroatoms. The molecule has 0 spiro atoms. The summed E-state index contributed by atoms with van der Waals surface area (Å²) < 4.78 is 0. The Kier molecular flexibility index (Phi) is 9.72. The van der Waals surface area contributed by atoms with Crippen molar-refractivity contribution in [3.05, 3.63) is 75.5 Å². The van der Waals surface area contributed by atoms with Crippen molar-refractivity contribution >= 4 is 34.8 Å². The molecule has 2 aromatic rings. The normalized spacial score (nSPS) is 19.2. The molecule has 6 nitrogen and oxygen atoms in total. The number of hydrogen-bond donors (Lipinski definition) is 4. The predicted molar refractivity (Wildman–Crippen MR) is 145 cm³/mol. The second kappa shape index (κ2) is 13.2. The number of benzene rings is 2. The van der Waals surface area contributed by atoms with Crippen molar-refractivity contribution in [1.29, 1.82) is 0 Å². The quantitative estimate of drug-likeness (QED) is 0.411. The van der Waals surface area contributed by atoms with Crippen molar-refractivity contribution in [3.63, 3.8) is 0 Å². The third-order valence-corrected chi connectivity index (χ3v) is 7.12. The zero-order chi connectivity index (χ0) is 24.5. The number of amides is 1. The third kappa shape index (κ3) is 7.87. The molecule has 0 bridgehead atoms. The molecule has 0 radical (unpaired) electrons. The monoisotopic (exact) mass is 515 g/mol. The minimum absolute atomic E-state index is 0.0952. The molecule has 2 aliphatic rings. The lowest BCUT2D eigenvalue weighted by Gasteiger charge is -2.33. The molecule has 1 unspecified atom stereocenters. The van der Waals surface area contributed by atoms with Crippen molar-refractivity contribution in [2.45, 2.75) is 38.1 Å². The van der Waals surface area contributed by atoms with Gasteiger partial charge >= 0.3 is 0 Å². The summed E-state index contributed by atoms with van der Waals surface area (Å²) in [5.74, 6) is 1.05. The van der Waals surface area contributed by atoms with Gasteiger partial charge in [-0.1, -0.05) is 42.1 Å². The molecule has 0 aliphatic carbocycles. The van der Waals surface area contributed by atoms with Crippen LogP contribution in [0.3, 0.4) is 0 Å². The maximum atomic E-state index is 12.6. The van der Waals surface area contributed by atoms with Crippen LogP contribution in [0.2, 0.25) is 10.0 Å². The van der Waals surface area contributed by atoms with Crippen molar-refractivity contribution < 1.29 is 4.79 Å². The van der Waals surface area contributed by atoms with Crippen LogP contribution in [-0.4, -0.2) is 56.1 Å². The van der Waals surface area contributed by atoms with Gasteiger partial charge in [-0.05, 0) is 73.8 Å². The van der Waals surface area contributed by atoms with E-state index in [1.807, 2.05) is 36.4 Å². The topological polar surface area (TPSA) is 68.4 Å². The Morgan fingerprint density at radius 1 is 1.03 bits per heavy atom. The van der Waals surface area contributed by atoms with Gasteiger partial charge in [0.2, 0.25) is 0 Å². The number of halogens is 2. The van der Waals surface area contributed by atoms with Crippen LogP contribution in [0.4, 0.5) is 5.69 Å². The van der Waals surface area contributed by atoms with E-state index in [4.69, 9.17) is 23.2 Å². The number of hydrogen-bond acceptors (Lipinski definition) is 5. The van der Waals surface area contributed by atoms with Crippen molar-refractivity contribution in [1.82, 2.24) is 20.9 Å². The lowest BCUT2D eigenvalue weighted by atomic mass is 10.1. The smallest absolute Gasteiger partial charge is 0.251 e. The molecule has 1 atom stereocenters. The first-order valence-corrected chi connectivity index (χ1v) is 13.3. The summed E-state index contributed by atoms with van der Waals surface area (Å²) in [5, 5.41) is 14.9. The Balaban J connectivity index is 1.36. The highest BCUT2D eigenvalue weighted by Crippen LogP contribution is 2.21. The lowest BCUT2D eigenvalue weighted by molar-refractivity contribution is 0.0954. The summed E-state index contributed by atoms with van der Waals surface area (Å²) >= 11 is 12.2. The van der Waals surface area contributed by atoms with Gasteiger partial charge in [0, 0.05) is 60.1 Å². The highest BCUT2D eigenvalue weighted by atomic mass is 35.5. The van der Waals surface area contributed by atoms with Gasteiger partial charge in [0.05, 0.1) is 0 Å². The van der Waals surface area contributed by atoms with E-state index in [0.717, 1.165) is 56.2 Å². The van der Waals surface area contributed by atoms with Gasteiger partial charge in [-0.15, -0.1) is 0 Å². The molecular formula is C27H35Cl2N5O. The Labute approximate surface area is 218 Å². The zero-order valence-corrected chi connectivity index (χ0v) is 21.6. The predicted octanol–water partition coefficient (Wildman–Crippen LogP) is 4.66. The Morgan fingerprint density at radius 3 is 2.60 bits per heavy atom. The molecule has 2 fully saturated rings. The van der Waals surface area contributed by atoms with Gasteiger partial charge in [0.1, 0.15) is 5.82 Å². The average molecular weight is 517 g/mol. The second-order valence-corrected chi connectivity index (χ2v) is 9.99. The highest BCUT2D eigenvalue weighted by molar-refractivity contribution is 6.35. The molecule has 2 aromatic carbocycles.